The molecule has 0 unspecified atom stereocenters. The number of methoxy groups -OCH3 is 2. The van der Waals surface area contributed by atoms with Gasteiger partial charge in [-0.25, -0.2) is 9.59 Å². The summed E-state index contributed by atoms with van der Waals surface area (Å²) in [7, 11) is 3.36. The molecule has 3 saturated carbocycles. The molecule has 2 spiro atoms. The average Bonchev–Trinajstić information content (AvgIpc) is 4.03. The van der Waals surface area contributed by atoms with E-state index in [2.05, 4.69) is 71.3 Å². The molecule has 2 amide bonds. The first-order valence-electron chi connectivity index (χ1n) is 19.5. The Hall–Kier alpha value is -2.22. The Balaban J connectivity index is 0.963. The molecular weight excluding hydrogens is 668 g/mol. The fourth-order valence-corrected chi connectivity index (χ4v) is 9.72. The van der Waals surface area contributed by atoms with Crippen molar-refractivity contribution in [2.45, 2.75) is 171 Å². The van der Waals surface area contributed by atoms with E-state index in [0.29, 0.717) is 32.7 Å². The third-order valence-electron chi connectivity index (χ3n) is 12.7. The summed E-state index contributed by atoms with van der Waals surface area (Å²) in [4.78, 5) is 26.4. The minimum atomic E-state index is -0.552. The molecule has 6 aliphatic rings. The van der Waals surface area contributed by atoms with Gasteiger partial charge in [0.15, 0.2) is 0 Å². The number of rotatable bonds is 13. The largest absolute Gasteiger partial charge is 0.443 e. The Labute approximate surface area is 310 Å². The first-order chi connectivity index (χ1) is 24.6. The lowest BCUT2D eigenvalue weighted by atomic mass is 9.68. The normalized spacial score (nSPS) is 40.8. The summed E-state index contributed by atoms with van der Waals surface area (Å²) in [5.74, 6) is -0.123. The van der Waals surface area contributed by atoms with Gasteiger partial charge in [0.25, 0.3) is 0 Å². The maximum Gasteiger partial charge on any atom is 0.407 e. The molecule has 12 nitrogen and oxygen atoms in total. The number of allylic oxidation sites excluding steroid dienone is 2. The predicted molar refractivity (Wildman–Crippen MR) is 194 cm³/mol. The van der Waals surface area contributed by atoms with Crippen LogP contribution in [-0.2, 0) is 37.9 Å². The molecule has 0 aromatic rings. The molecule has 6 rings (SSSR count). The van der Waals surface area contributed by atoms with E-state index in [1.54, 1.807) is 14.2 Å². The van der Waals surface area contributed by atoms with Gasteiger partial charge in [0, 0.05) is 32.2 Å². The lowest BCUT2D eigenvalue weighted by Gasteiger charge is -2.47. The molecule has 0 aromatic carbocycles. The zero-order valence-corrected chi connectivity index (χ0v) is 32.9. The molecule has 3 aliphatic carbocycles. The molecule has 3 saturated heterocycles. The number of hydrogen-bond acceptors (Lipinski definition) is 10. The van der Waals surface area contributed by atoms with Gasteiger partial charge in [-0.15, -0.1) is 0 Å². The molecule has 294 valence electrons. The van der Waals surface area contributed by atoms with Crippen LogP contribution in [0.5, 0.6) is 0 Å². The number of ether oxygens (including phenoxy) is 8. The van der Waals surface area contributed by atoms with Crippen LogP contribution >= 0.6 is 0 Å². The molecule has 0 radical (unpaired) electrons. The van der Waals surface area contributed by atoms with Crippen LogP contribution in [0.3, 0.4) is 0 Å². The molecule has 0 aromatic heterocycles. The third-order valence-corrected chi connectivity index (χ3v) is 12.7. The summed E-state index contributed by atoms with van der Waals surface area (Å²) in [5.41, 5.74) is 0.936. The summed E-state index contributed by atoms with van der Waals surface area (Å²) >= 11 is 0. The van der Waals surface area contributed by atoms with E-state index in [1.165, 1.54) is 11.1 Å². The summed E-state index contributed by atoms with van der Waals surface area (Å²) in [5, 5.41) is 6.17. The second-order valence-electron chi connectivity index (χ2n) is 17.4. The van der Waals surface area contributed by atoms with Crippen molar-refractivity contribution < 1.29 is 47.5 Å². The quantitative estimate of drug-likeness (QED) is 0.167. The zero-order valence-electron chi connectivity index (χ0n) is 32.9. The Kier molecular flexibility index (Phi) is 11.8. The molecule has 2 N–H and O–H groups in total. The van der Waals surface area contributed by atoms with E-state index in [4.69, 9.17) is 37.9 Å². The molecule has 12 heteroatoms. The lowest BCUT2D eigenvalue weighted by molar-refractivity contribution is -0.172. The van der Waals surface area contributed by atoms with Crippen molar-refractivity contribution in [2.75, 3.05) is 34.0 Å². The fraction of sp³-hybridized carbons (Fsp3) is 0.850. The minimum absolute atomic E-state index is 0.0254. The van der Waals surface area contributed by atoms with E-state index < -0.39 is 30.0 Å². The van der Waals surface area contributed by atoms with Gasteiger partial charge >= 0.3 is 12.2 Å². The van der Waals surface area contributed by atoms with Crippen LogP contribution in [0.25, 0.3) is 0 Å². The van der Waals surface area contributed by atoms with Crippen molar-refractivity contribution in [1.29, 1.82) is 0 Å². The van der Waals surface area contributed by atoms with Gasteiger partial charge in [-0.05, 0) is 106 Å². The third kappa shape index (κ3) is 8.52. The molecule has 52 heavy (non-hydrogen) atoms. The van der Waals surface area contributed by atoms with Crippen molar-refractivity contribution in [3.8, 4) is 0 Å². The van der Waals surface area contributed by atoms with Crippen molar-refractivity contribution >= 4 is 12.2 Å². The van der Waals surface area contributed by atoms with Crippen LogP contribution in [0, 0.1) is 11.8 Å². The Morgan fingerprint density at radius 2 is 1.27 bits per heavy atom. The van der Waals surface area contributed by atoms with Crippen molar-refractivity contribution in [3.63, 3.8) is 0 Å². The number of carbonyl (C=O) groups excluding carboxylic acids is 2. The highest BCUT2D eigenvalue weighted by molar-refractivity contribution is 5.68. The van der Waals surface area contributed by atoms with Gasteiger partial charge in [0.2, 0.25) is 0 Å². The van der Waals surface area contributed by atoms with E-state index in [0.717, 1.165) is 44.9 Å². The molecule has 10 atom stereocenters. The fourth-order valence-electron chi connectivity index (χ4n) is 9.72. The summed E-state index contributed by atoms with van der Waals surface area (Å²) in [6.07, 6.45) is 8.65. The van der Waals surface area contributed by atoms with Crippen molar-refractivity contribution in [3.05, 3.63) is 23.3 Å². The number of nitrogens with one attached hydrogen (secondary N) is 2. The van der Waals surface area contributed by atoms with E-state index in [-0.39, 0.29) is 59.0 Å². The van der Waals surface area contributed by atoms with Crippen LogP contribution in [0.4, 0.5) is 9.59 Å². The smallest absolute Gasteiger partial charge is 0.407 e. The van der Waals surface area contributed by atoms with Crippen LogP contribution in [-0.4, -0.2) is 111 Å². The Bertz CT molecular complexity index is 1270. The van der Waals surface area contributed by atoms with E-state index >= 15 is 0 Å². The second kappa shape index (κ2) is 15.5. The molecular formula is C40H64N2O10. The van der Waals surface area contributed by atoms with Crippen molar-refractivity contribution in [2.24, 2.45) is 11.8 Å². The first-order valence-corrected chi connectivity index (χ1v) is 19.5. The van der Waals surface area contributed by atoms with Gasteiger partial charge in [-0.3, -0.25) is 0 Å². The van der Waals surface area contributed by atoms with Gasteiger partial charge in [0.1, 0.15) is 35.6 Å². The molecule has 3 heterocycles. The van der Waals surface area contributed by atoms with Crippen LogP contribution < -0.4 is 10.6 Å². The van der Waals surface area contributed by atoms with Gasteiger partial charge < -0.3 is 48.5 Å². The van der Waals surface area contributed by atoms with E-state index in [1.807, 2.05) is 0 Å². The predicted octanol–water partition coefficient (Wildman–Crippen LogP) is 6.15. The van der Waals surface area contributed by atoms with Gasteiger partial charge in [-0.1, -0.05) is 23.3 Å². The van der Waals surface area contributed by atoms with Crippen LogP contribution in [0.15, 0.2) is 23.3 Å². The number of hydrogen-bond donors (Lipinski definition) is 2. The second-order valence-corrected chi connectivity index (χ2v) is 17.4. The minimum Gasteiger partial charge on any atom is -0.443 e. The number of alkyl carbamates (subject to hydrolysis) is 2. The summed E-state index contributed by atoms with van der Waals surface area (Å²) in [6.45, 7) is 16.4. The van der Waals surface area contributed by atoms with Gasteiger partial charge in [0.05, 0.1) is 43.0 Å². The average molecular weight is 733 g/mol. The summed E-state index contributed by atoms with van der Waals surface area (Å²) < 4.78 is 48.9. The molecule has 0 bridgehead atoms. The standard InChI is InChI=1S/C40H64N2O10/c1-24(2)10-15-30-38(7,52-30)34-32(46-9)29(17-20-40(34)23-49-40)51-36(44)42-27-13-11-26(12-14-27)41-35(43)50-28-16-19-39(22-48-39)33(31(28)45-8)37(5,6)47-21-18-25(3)4/h10,18,26-34H,11-17,19-23H2,1-9H3,(H,41,43)(H,42,44)/t26?,27?,28-,29-,30-,31-,32-,33-,34-,38+,39+,40+/m1/s1. The number of epoxide rings is 3. The number of carbonyl (C=O) groups is 2. The Morgan fingerprint density at radius 1 is 0.769 bits per heavy atom. The molecule has 3 aliphatic heterocycles. The highest BCUT2D eigenvalue weighted by Gasteiger charge is 2.72. The van der Waals surface area contributed by atoms with Crippen LogP contribution in [0.2, 0.25) is 0 Å². The van der Waals surface area contributed by atoms with Gasteiger partial charge in [-0.2, -0.15) is 0 Å². The first kappa shape index (κ1) is 39.5. The highest BCUT2D eigenvalue weighted by atomic mass is 16.6. The van der Waals surface area contributed by atoms with Crippen LogP contribution in [0.1, 0.15) is 106 Å². The van der Waals surface area contributed by atoms with Crippen molar-refractivity contribution in [1.82, 2.24) is 10.6 Å². The molecule has 6 fully saturated rings. The monoisotopic (exact) mass is 732 g/mol. The summed E-state index contributed by atoms with van der Waals surface area (Å²) in [6, 6.07) is -0.0905. The number of amides is 2. The Morgan fingerprint density at radius 3 is 1.75 bits per heavy atom. The topological polar surface area (TPSA) is 142 Å². The SMILES string of the molecule is CO[C@@H]1[C@H](OC(=O)NC2CCC(NC(=O)O[C@@H]3CC[C@]4(CO4)[C@@H](C(C)(C)OCC=C(C)C)[C@@H]3OC)CC2)CC[C@]2(CO2)[C@H]1[C@@]1(C)O[C@@H]1CC=C(C)C. The lowest BCUT2D eigenvalue weighted by Crippen LogP contribution is -2.59. The maximum atomic E-state index is 13.2. The maximum absolute atomic E-state index is 13.2. The van der Waals surface area contributed by atoms with E-state index in [9.17, 15) is 9.59 Å². The highest BCUT2D eigenvalue weighted by Crippen LogP contribution is 2.60. The zero-order chi connectivity index (χ0) is 37.5.